The third kappa shape index (κ3) is 4.03. The van der Waals surface area contributed by atoms with Crippen molar-refractivity contribution in [3.63, 3.8) is 0 Å². The van der Waals surface area contributed by atoms with Crippen molar-refractivity contribution in [3.8, 4) is 5.82 Å². The maximum absolute atomic E-state index is 14.4. The number of pyridine rings is 1. The van der Waals surface area contributed by atoms with Crippen LogP contribution < -0.4 is 0 Å². The number of hydrogen-bond donors (Lipinski definition) is 0. The summed E-state index contributed by atoms with van der Waals surface area (Å²) < 4.78 is 36.8. The molecule has 5 nitrogen and oxygen atoms in total. The fourth-order valence-corrected chi connectivity index (χ4v) is 6.18. The number of rotatable bonds is 4. The van der Waals surface area contributed by atoms with Crippen LogP contribution in [0.2, 0.25) is 4.34 Å². The minimum Gasteiger partial charge on any atom is -0.363 e. The van der Waals surface area contributed by atoms with Gasteiger partial charge in [-0.1, -0.05) is 18.2 Å². The largest absolute Gasteiger partial charge is 0.363 e. The number of ether oxygens (including phenoxy) is 1. The molecule has 0 amide bonds. The molecular formula is C24H25ClF2N4OS. The predicted molar refractivity (Wildman–Crippen MR) is 126 cm³/mol. The van der Waals surface area contributed by atoms with E-state index in [0.717, 1.165) is 47.8 Å². The summed E-state index contributed by atoms with van der Waals surface area (Å²) in [6.07, 6.45) is 5.07. The lowest BCUT2D eigenvalue weighted by Gasteiger charge is -2.45. The van der Waals surface area contributed by atoms with E-state index >= 15 is 0 Å². The number of likely N-dealkylation sites (tertiary alicyclic amines) is 1. The van der Waals surface area contributed by atoms with Gasteiger partial charge in [0.2, 0.25) is 0 Å². The minimum absolute atomic E-state index is 0.0398. The van der Waals surface area contributed by atoms with Crippen LogP contribution in [0.1, 0.15) is 47.0 Å². The molecule has 1 fully saturated rings. The third-order valence-corrected chi connectivity index (χ3v) is 8.01. The molecule has 0 radical (unpaired) electrons. The van der Waals surface area contributed by atoms with Crippen LogP contribution in [0.3, 0.4) is 0 Å². The SMILES string of the molecule is C=C(C)c1cccnc1-n1cc(CN2CCC3(CC2)OCC(F)(F)c2cc(Cl)sc23)c(C)n1. The van der Waals surface area contributed by atoms with Gasteiger partial charge in [0.25, 0.3) is 5.92 Å². The van der Waals surface area contributed by atoms with E-state index in [-0.39, 0.29) is 5.56 Å². The Bertz CT molecular complexity index is 1210. The molecule has 5 heterocycles. The van der Waals surface area contributed by atoms with Crippen LogP contribution in [-0.4, -0.2) is 39.4 Å². The molecule has 2 aliphatic heterocycles. The Morgan fingerprint density at radius 1 is 1.33 bits per heavy atom. The molecule has 33 heavy (non-hydrogen) atoms. The predicted octanol–water partition coefficient (Wildman–Crippen LogP) is 5.94. The first-order valence-electron chi connectivity index (χ1n) is 10.9. The average Bonchev–Trinajstić information content (AvgIpc) is 3.37. The summed E-state index contributed by atoms with van der Waals surface area (Å²) in [6.45, 7) is 9.62. The van der Waals surface area contributed by atoms with E-state index in [0.29, 0.717) is 22.1 Å². The maximum Gasteiger partial charge on any atom is 0.297 e. The lowest BCUT2D eigenvalue weighted by molar-refractivity contribution is -0.182. The van der Waals surface area contributed by atoms with Gasteiger partial charge in [-0.05, 0) is 50.5 Å². The zero-order valence-electron chi connectivity index (χ0n) is 18.6. The van der Waals surface area contributed by atoms with Gasteiger partial charge in [-0.25, -0.2) is 9.67 Å². The molecule has 0 saturated carbocycles. The van der Waals surface area contributed by atoms with Crippen molar-refractivity contribution in [1.82, 2.24) is 19.7 Å². The highest BCUT2D eigenvalue weighted by atomic mass is 35.5. The molecule has 0 N–H and O–H groups in total. The molecule has 1 saturated heterocycles. The minimum atomic E-state index is -2.98. The summed E-state index contributed by atoms with van der Waals surface area (Å²) in [6, 6.07) is 5.29. The first kappa shape index (κ1) is 22.7. The van der Waals surface area contributed by atoms with E-state index in [1.54, 1.807) is 6.20 Å². The molecule has 0 aliphatic carbocycles. The van der Waals surface area contributed by atoms with E-state index in [9.17, 15) is 8.78 Å². The summed E-state index contributed by atoms with van der Waals surface area (Å²) in [5, 5.41) is 4.69. The monoisotopic (exact) mass is 490 g/mol. The number of piperidine rings is 1. The number of alkyl halides is 2. The lowest BCUT2D eigenvalue weighted by Crippen LogP contribution is -2.48. The number of halogens is 3. The van der Waals surface area contributed by atoms with Crippen LogP contribution in [0.5, 0.6) is 0 Å². The Kier molecular flexibility index (Phi) is 5.68. The summed E-state index contributed by atoms with van der Waals surface area (Å²) in [7, 11) is 0. The molecule has 3 aromatic rings. The van der Waals surface area contributed by atoms with Crippen molar-refractivity contribution in [1.29, 1.82) is 0 Å². The number of allylic oxidation sites excluding steroid dienone is 1. The summed E-state index contributed by atoms with van der Waals surface area (Å²) in [4.78, 5) is 7.42. The molecule has 0 unspecified atom stereocenters. The van der Waals surface area contributed by atoms with Gasteiger partial charge in [0, 0.05) is 53.6 Å². The number of aromatic nitrogens is 3. The molecule has 0 bridgehead atoms. The molecular weight excluding hydrogens is 466 g/mol. The molecule has 0 aromatic carbocycles. The summed E-state index contributed by atoms with van der Waals surface area (Å²) in [5.41, 5.74) is 3.31. The first-order chi connectivity index (χ1) is 15.7. The van der Waals surface area contributed by atoms with Gasteiger partial charge in [0.1, 0.15) is 12.2 Å². The highest BCUT2D eigenvalue weighted by Gasteiger charge is 2.51. The topological polar surface area (TPSA) is 43.2 Å². The summed E-state index contributed by atoms with van der Waals surface area (Å²) in [5.74, 6) is -2.23. The van der Waals surface area contributed by atoms with Crippen molar-refractivity contribution >= 4 is 28.5 Å². The van der Waals surface area contributed by atoms with Gasteiger partial charge < -0.3 is 4.74 Å². The van der Waals surface area contributed by atoms with Crippen LogP contribution in [-0.2, 0) is 22.8 Å². The van der Waals surface area contributed by atoms with E-state index in [2.05, 4.69) is 21.6 Å². The Balaban J connectivity index is 1.33. The van der Waals surface area contributed by atoms with Crippen LogP contribution >= 0.6 is 22.9 Å². The van der Waals surface area contributed by atoms with Crippen molar-refractivity contribution in [3.05, 3.63) is 68.8 Å². The van der Waals surface area contributed by atoms with Gasteiger partial charge in [-0.15, -0.1) is 11.3 Å². The fraction of sp³-hybridized carbons (Fsp3) is 0.417. The second kappa shape index (κ2) is 8.27. The maximum atomic E-state index is 14.4. The molecule has 1 spiro atoms. The van der Waals surface area contributed by atoms with Crippen LogP contribution in [0, 0.1) is 6.92 Å². The van der Waals surface area contributed by atoms with E-state index < -0.39 is 18.1 Å². The Morgan fingerprint density at radius 3 is 2.82 bits per heavy atom. The number of hydrogen-bond acceptors (Lipinski definition) is 5. The second-order valence-corrected chi connectivity index (χ2v) is 10.6. The normalized spacial score (nSPS) is 19.5. The van der Waals surface area contributed by atoms with Gasteiger partial charge in [-0.2, -0.15) is 13.9 Å². The molecule has 9 heteroatoms. The molecule has 5 rings (SSSR count). The zero-order chi connectivity index (χ0) is 23.4. The molecule has 3 aromatic heterocycles. The van der Waals surface area contributed by atoms with Crippen molar-refractivity contribution < 1.29 is 13.5 Å². The Hall–Kier alpha value is -2.13. The highest BCUT2D eigenvalue weighted by Crippen LogP contribution is 2.52. The number of aryl methyl sites for hydroxylation is 1. The average molecular weight is 491 g/mol. The summed E-state index contributed by atoms with van der Waals surface area (Å²) >= 11 is 7.34. The van der Waals surface area contributed by atoms with Gasteiger partial charge in [-0.3, -0.25) is 4.90 Å². The molecule has 0 atom stereocenters. The van der Waals surface area contributed by atoms with Gasteiger partial charge in [0.15, 0.2) is 5.82 Å². The number of nitrogens with zero attached hydrogens (tertiary/aromatic N) is 4. The van der Waals surface area contributed by atoms with Crippen LogP contribution in [0.4, 0.5) is 8.78 Å². The van der Waals surface area contributed by atoms with Crippen LogP contribution in [0.25, 0.3) is 11.4 Å². The quantitative estimate of drug-likeness (QED) is 0.454. The molecule has 2 aliphatic rings. The zero-order valence-corrected chi connectivity index (χ0v) is 20.1. The van der Waals surface area contributed by atoms with Crippen LogP contribution in [0.15, 0.2) is 37.2 Å². The molecule has 174 valence electrons. The highest BCUT2D eigenvalue weighted by molar-refractivity contribution is 7.16. The van der Waals surface area contributed by atoms with E-state index in [1.807, 2.05) is 36.9 Å². The fourth-order valence-electron chi connectivity index (χ4n) is 4.70. The Labute approximate surface area is 200 Å². The van der Waals surface area contributed by atoms with E-state index in [1.165, 1.54) is 17.4 Å². The van der Waals surface area contributed by atoms with Gasteiger partial charge in [0.05, 0.1) is 10.0 Å². The van der Waals surface area contributed by atoms with Crippen molar-refractivity contribution in [2.45, 2.75) is 44.8 Å². The third-order valence-electron chi connectivity index (χ3n) is 6.56. The smallest absolute Gasteiger partial charge is 0.297 e. The van der Waals surface area contributed by atoms with Crippen molar-refractivity contribution in [2.24, 2.45) is 0 Å². The lowest BCUT2D eigenvalue weighted by atomic mass is 9.84. The number of thiophene rings is 1. The van der Waals surface area contributed by atoms with Crippen molar-refractivity contribution in [2.75, 3.05) is 19.7 Å². The number of fused-ring (bicyclic) bond motifs is 2. The second-order valence-electron chi connectivity index (χ2n) is 8.90. The standard InChI is InChI=1S/C24H25ClF2N4OS/c1-15(2)18-5-4-8-28-22(18)31-13-17(16(3)29-31)12-30-9-6-23(7-10-30)21-19(11-20(25)33-21)24(26,27)14-32-23/h4-5,8,11,13H,1,6-7,9-10,12,14H2,2-3H3. The van der Waals surface area contributed by atoms with Gasteiger partial charge >= 0.3 is 0 Å². The Morgan fingerprint density at radius 2 is 2.09 bits per heavy atom. The first-order valence-corrected chi connectivity index (χ1v) is 12.1. The van der Waals surface area contributed by atoms with E-state index in [4.69, 9.17) is 16.3 Å².